The topological polar surface area (TPSA) is 114 Å². The number of ether oxygens (including phenoxy) is 1. The lowest BCUT2D eigenvalue weighted by Crippen LogP contribution is -2.12. The molecule has 3 heterocycles. The Morgan fingerprint density at radius 3 is 2.55 bits per heavy atom. The molecule has 0 aromatic carbocycles. The van der Waals surface area contributed by atoms with Crippen molar-refractivity contribution in [3.63, 3.8) is 0 Å². The molecule has 3 aromatic rings. The van der Waals surface area contributed by atoms with Gasteiger partial charge < -0.3 is 15.4 Å². The highest BCUT2D eigenvalue weighted by atomic mass is 19.4. The molecule has 0 saturated carbocycles. The van der Waals surface area contributed by atoms with E-state index in [4.69, 9.17) is 0 Å². The minimum Gasteiger partial charge on any atom is -0.453 e. The van der Waals surface area contributed by atoms with Gasteiger partial charge in [-0.2, -0.15) is 13.2 Å². The first kappa shape index (κ1) is 21.7. The molecule has 3 rings (SSSR count). The molecular formula is C19H18F3N7O2. The number of hydrogen-bond donors (Lipinski definition) is 3. The molecule has 0 aliphatic rings. The molecule has 0 radical (unpaired) electrons. The van der Waals surface area contributed by atoms with Crippen molar-refractivity contribution in [3.05, 3.63) is 48.3 Å². The van der Waals surface area contributed by atoms with Crippen LogP contribution in [0.25, 0.3) is 11.5 Å². The van der Waals surface area contributed by atoms with Crippen LogP contribution in [0.15, 0.2) is 42.6 Å². The molecule has 0 aliphatic carbocycles. The monoisotopic (exact) mass is 433 g/mol. The zero-order chi connectivity index (χ0) is 22.4. The molecule has 0 bridgehead atoms. The van der Waals surface area contributed by atoms with Crippen LogP contribution < -0.4 is 16.0 Å². The lowest BCUT2D eigenvalue weighted by atomic mass is 10.3. The minimum absolute atomic E-state index is 0.156. The fraction of sp³-hybridized carbons (Fsp3) is 0.211. The van der Waals surface area contributed by atoms with Crippen LogP contribution in [0.4, 0.5) is 41.1 Å². The highest BCUT2D eigenvalue weighted by molar-refractivity contribution is 5.83. The average Bonchev–Trinajstić information content (AvgIpc) is 2.73. The third-order valence-corrected chi connectivity index (χ3v) is 3.80. The van der Waals surface area contributed by atoms with Crippen LogP contribution in [-0.4, -0.2) is 39.7 Å². The Hall–Kier alpha value is -3.96. The van der Waals surface area contributed by atoms with Gasteiger partial charge in [-0.05, 0) is 31.2 Å². The maximum atomic E-state index is 12.9. The number of rotatable bonds is 6. The van der Waals surface area contributed by atoms with Gasteiger partial charge in [0.25, 0.3) is 0 Å². The van der Waals surface area contributed by atoms with Gasteiger partial charge in [0.15, 0.2) is 5.82 Å². The lowest BCUT2D eigenvalue weighted by molar-refractivity contribution is -0.141. The Kier molecular flexibility index (Phi) is 6.48. The number of nitrogens with one attached hydrogen (secondary N) is 3. The van der Waals surface area contributed by atoms with Crippen molar-refractivity contribution in [2.24, 2.45) is 0 Å². The molecule has 1 amide bonds. The molecule has 3 N–H and O–H groups in total. The van der Waals surface area contributed by atoms with E-state index in [1.165, 1.54) is 13.2 Å². The number of anilines is 4. The number of amides is 1. The molecule has 3 aromatic heterocycles. The van der Waals surface area contributed by atoms with Gasteiger partial charge >= 0.3 is 12.3 Å². The van der Waals surface area contributed by atoms with Crippen molar-refractivity contribution in [2.75, 3.05) is 29.6 Å². The summed E-state index contributed by atoms with van der Waals surface area (Å²) in [4.78, 5) is 27.7. The number of carbonyl (C=O) groups excluding carboxylic acids is 1. The van der Waals surface area contributed by atoms with Crippen LogP contribution in [0, 0.1) is 0 Å². The smallest absolute Gasteiger partial charge is 0.433 e. The molecule has 0 saturated heterocycles. The fourth-order valence-corrected chi connectivity index (χ4v) is 2.49. The Labute approximate surface area is 175 Å². The van der Waals surface area contributed by atoms with E-state index in [-0.39, 0.29) is 23.1 Å². The average molecular weight is 433 g/mol. The summed E-state index contributed by atoms with van der Waals surface area (Å²) in [6.45, 7) is 2.42. The minimum atomic E-state index is -4.57. The summed E-state index contributed by atoms with van der Waals surface area (Å²) in [6.07, 6.45) is -4.20. The Bertz CT molecular complexity index is 1080. The fourth-order valence-electron chi connectivity index (χ4n) is 2.49. The van der Waals surface area contributed by atoms with Crippen molar-refractivity contribution in [3.8, 4) is 11.5 Å². The van der Waals surface area contributed by atoms with E-state index < -0.39 is 18.0 Å². The number of carbonyl (C=O) groups is 1. The van der Waals surface area contributed by atoms with Crippen molar-refractivity contribution < 1.29 is 22.7 Å². The first-order chi connectivity index (χ1) is 14.8. The Morgan fingerprint density at radius 1 is 1.06 bits per heavy atom. The summed E-state index contributed by atoms with van der Waals surface area (Å²) in [5, 5.41) is 8.31. The van der Waals surface area contributed by atoms with Gasteiger partial charge in [-0.1, -0.05) is 6.07 Å². The van der Waals surface area contributed by atoms with Gasteiger partial charge in [0, 0.05) is 24.5 Å². The van der Waals surface area contributed by atoms with Crippen LogP contribution in [0.5, 0.6) is 0 Å². The van der Waals surface area contributed by atoms with E-state index in [1.807, 2.05) is 6.92 Å². The van der Waals surface area contributed by atoms with E-state index in [0.29, 0.717) is 18.1 Å². The van der Waals surface area contributed by atoms with E-state index >= 15 is 0 Å². The van der Waals surface area contributed by atoms with Crippen molar-refractivity contribution >= 4 is 29.2 Å². The summed E-state index contributed by atoms with van der Waals surface area (Å²) in [5.41, 5.74) is -0.534. The number of alkyl halides is 3. The molecule has 0 atom stereocenters. The first-order valence-electron chi connectivity index (χ1n) is 9.04. The predicted octanol–water partition coefficient (Wildman–Crippen LogP) is 4.31. The lowest BCUT2D eigenvalue weighted by Gasteiger charge is -2.12. The standard InChI is InChI=1S/C19H18F3N7O2/c1-3-23-15-10-16(25-11-7-8-24-13(9-11)19(20,21)22)28-17(27-15)12-5-4-6-14(26-12)29-18(30)31-2/h4-10H,3H2,1-2H3,(H,26,29,30)(H2,23,24,25,27,28). The zero-order valence-electron chi connectivity index (χ0n) is 16.5. The van der Waals surface area contributed by atoms with Crippen molar-refractivity contribution in [1.82, 2.24) is 19.9 Å². The van der Waals surface area contributed by atoms with E-state index in [9.17, 15) is 18.0 Å². The van der Waals surface area contributed by atoms with Crippen molar-refractivity contribution in [2.45, 2.75) is 13.1 Å². The Balaban J connectivity index is 1.95. The second kappa shape index (κ2) is 9.24. The van der Waals surface area contributed by atoms with E-state index in [1.54, 1.807) is 24.3 Å². The summed E-state index contributed by atoms with van der Waals surface area (Å²) in [5.74, 6) is 1.10. The normalized spacial score (nSPS) is 11.0. The number of methoxy groups -OCH3 is 1. The van der Waals surface area contributed by atoms with Crippen molar-refractivity contribution in [1.29, 1.82) is 0 Å². The van der Waals surface area contributed by atoms with Gasteiger partial charge in [-0.25, -0.2) is 19.7 Å². The maximum Gasteiger partial charge on any atom is 0.433 e. The number of aromatic nitrogens is 4. The molecule has 12 heteroatoms. The summed E-state index contributed by atoms with van der Waals surface area (Å²) < 4.78 is 43.4. The summed E-state index contributed by atoms with van der Waals surface area (Å²) in [7, 11) is 1.23. The number of nitrogens with zero attached hydrogens (tertiary/aromatic N) is 4. The van der Waals surface area contributed by atoms with Crippen LogP contribution in [0.3, 0.4) is 0 Å². The highest BCUT2D eigenvalue weighted by Gasteiger charge is 2.32. The Morgan fingerprint density at radius 2 is 1.84 bits per heavy atom. The van der Waals surface area contributed by atoms with Gasteiger partial charge in [-0.3, -0.25) is 10.3 Å². The second-order valence-electron chi connectivity index (χ2n) is 6.07. The van der Waals surface area contributed by atoms with Gasteiger partial charge in [0.1, 0.15) is 28.8 Å². The summed E-state index contributed by atoms with van der Waals surface area (Å²) in [6, 6.07) is 8.66. The maximum absolute atomic E-state index is 12.9. The van der Waals surface area contributed by atoms with Gasteiger partial charge in [0.05, 0.1) is 7.11 Å². The van der Waals surface area contributed by atoms with Gasteiger partial charge in [-0.15, -0.1) is 0 Å². The molecule has 9 nitrogen and oxygen atoms in total. The zero-order valence-corrected chi connectivity index (χ0v) is 16.5. The molecule has 31 heavy (non-hydrogen) atoms. The molecule has 162 valence electrons. The largest absolute Gasteiger partial charge is 0.453 e. The third kappa shape index (κ3) is 5.78. The molecule has 0 aliphatic heterocycles. The molecule has 0 fully saturated rings. The predicted molar refractivity (Wildman–Crippen MR) is 108 cm³/mol. The first-order valence-corrected chi connectivity index (χ1v) is 9.04. The van der Waals surface area contributed by atoms with E-state index in [2.05, 4.69) is 40.6 Å². The van der Waals surface area contributed by atoms with Crippen LogP contribution in [-0.2, 0) is 10.9 Å². The summed E-state index contributed by atoms with van der Waals surface area (Å²) >= 11 is 0. The highest BCUT2D eigenvalue weighted by Crippen LogP contribution is 2.30. The van der Waals surface area contributed by atoms with Gasteiger partial charge in [0.2, 0.25) is 0 Å². The van der Waals surface area contributed by atoms with Crippen LogP contribution >= 0.6 is 0 Å². The second-order valence-corrected chi connectivity index (χ2v) is 6.07. The van der Waals surface area contributed by atoms with E-state index in [0.717, 1.165) is 12.3 Å². The number of halogens is 3. The number of hydrogen-bond acceptors (Lipinski definition) is 8. The molecule has 0 unspecified atom stereocenters. The van der Waals surface area contributed by atoms with Crippen LogP contribution in [0.2, 0.25) is 0 Å². The third-order valence-electron chi connectivity index (χ3n) is 3.80. The molecule has 0 spiro atoms. The van der Waals surface area contributed by atoms with Crippen LogP contribution in [0.1, 0.15) is 12.6 Å². The molecular weight excluding hydrogens is 415 g/mol. The SMILES string of the molecule is CCNc1cc(Nc2ccnc(C(F)(F)F)c2)nc(-c2cccc(NC(=O)OC)n2)n1. The number of pyridine rings is 2. The quantitative estimate of drug-likeness (QED) is 0.527.